The number of rotatable bonds is 3. The standard InChI is InChI=1S/C14H24N4.C2H6/c1-2-16-6-3-13(4-7-16)11-17-9-10-18-8-5-15-14(18)12-17;1-2/h5,8,13H,2-4,6-7,9-12H2,1H3;1-2H3. The van der Waals surface area contributed by atoms with Crippen LogP contribution in [0.3, 0.4) is 0 Å². The molecule has 3 rings (SSSR count). The number of piperidine rings is 1. The maximum Gasteiger partial charge on any atom is 0.122 e. The quantitative estimate of drug-likeness (QED) is 0.849. The number of aromatic nitrogens is 2. The Morgan fingerprint density at radius 2 is 1.85 bits per heavy atom. The zero-order valence-electron chi connectivity index (χ0n) is 13.4. The van der Waals surface area contributed by atoms with Gasteiger partial charge in [-0.25, -0.2) is 4.98 Å². The lowest BCUT2D eigenvalue weighted by Gasteiger charge is -2.35. The molecule has 2 aliphatic heterocycles. The highest BCUT2D eigenvalue weighted by Crippen LogP contribution is 2.20. The largest absolute Gasteiger partial charge is 0.333 e. The molecule has 0 N–H and O–H groups in total. The number of hydrogen-bond acceptors (Lipinski definition) is 3. The third kappa shape index (κ3) is 3.83. The number of fused-ring (bicyclic) bond motifs is 1. The van der Waals surface area contributed by atoms with Gasteiger partial charge in [-0.05, 0) is 38.4 Å². The average molecular weight is 278 g/mol. The van der Waals surface area contributed by atoms with Gasteiger partial charge in [0.2, 0.25) is 0 Å². The average Bonchev–Trinajstić information content (AvgIpc) is 2.98. The van der Waals surface area contributed by atoms with Crippen LogP contribution in [0.4, 0.5) is 0 Å². The smallest absolute Gasteiger partial charge is 0.122 e. The van der Waals surface area contributed by atoms with Crippen LogP contribution in [-0.2, 0) is 13.1 Å². The summed E-state index contributed by atoms with van der Waals surface area (Å²) in [5.74, 6) is 2.14. The first-order valence-corrected chi connectivity index (χ1v) is 8.30. The lowest BCUT2D eigenvalue weighted by molar-refractivity contribution is 0.129. The van der Waals surface area contributed by atoms with E-state index in [0.29, 0.717) is 0 Å². The molecule has 0 aromatic carbocycles. The van der Waals surface area contributed by atoms with Crippen molar-refractivity contribution < 1.29 is 0 Å². The molecule has 0 amide bonds. The van der Waals surface area contributed by atoms with Crippen LogP contribution in [0.2, 0.25) is 0 Å². The summed E-state index contributed by atoms with van der Waals surface area (Å²) in [6, 6.07) is 0. The Balaban J connectivity index is 0.000000704. The molecule has 2 aliphatic rings. The molecule has 0 radical (unpaired) electrons. The van der Waals surface area contributed by atoms with Crippen molar-refractivity contribution in [3.8, 4) is 0 Å². The Morgan fingerprint density at radius 1 is 1.10 bits per heavy atom. The molecular weight excluding hydrogens is 248 g/mol. The summed E-state index contributed by atoms with van der Waals surface area (Å²) < 4.78 is 2.29. The molecule has 1 fully saturated rings. The fourth-order valence-corrected chi connectivity index (χ4v) is 3.23. The summed E-state index contributed by atoms with van der Waals surface area (Å²) >= 11 is 0. The van der Waals surface area contributed by atoms with Crippen LogP contribution in [0, 0.1) is 5.92 Å². The molecule has 20 heavy (non-hydrogen) atoms. The first kappa shape index (κ1) is 15.5. The highest BCUT2D eigenvalue weighted by Gasteiger charge is 2.23. The van der Waals surface area contributed by atoms with E-state index in [1.165, 1.54) is 51.4 Å². The zero-order chi connectivity index (χ0) is 14.4. The van der Waals surface area contributed by atoms with Gasteiger partial charge in [0, 0.05) is 32.0 Å². The zero-order valence-corrected chi connectivity index (χ0v) is 13.4. The van der Waals surface area contributed by atoms with Crippen LogP contribution in [0.25, 0.3) is 0 Å². The molecule has 4 nitrogen and oxygen atoms in total. The fourth-order valence-electron chi connectivity index (χ4n) is 3.23. The summed E-state index contributed by atoms with van der Waals surface area (Å²) in [6.45, 7) is 14.7. The van der Waals surface area contributed by atoms with E-state index >= 15 is 0 Å². The van der Waals surface area contributed by atoms with Crippen LogP contribution in [0.15, 0.2) is 12.4 Å². The SMILES string of the molecule is CC.CCN1CCC(CN2CCn3ccnc3C2)CC1. The number of likely N-dealkylation sites (tertiary alicyclic amines) is 1. The van der Waals surface area contributed by atoms with Gasteiger partial charge in [-0.15, -0.1) is 0 Å². The molecule has 0 aliphatic carbocycles. The van der Waals surface area contributed by atoms with E-state index in [9.17, 15) is 0 Å². The van der Waals surface area contributed by atoms with Crippen LogP contribution in [-0.4, -0.2) is 52.1 Å². The van der Waals surface area contributed by atoms with Gasteiger partial charge in [-0.1, -0.05) is 20.8 Å². The van der Waals surface area contributed by atoms with Crippen molar-refractivity contribution in [1.82, 2.24) is 19.4 Å². The van der Waals surface area contributed by atoms with Crippen molar-refractivity contribution in [2.45, 2.75) is 46.7 Å². The first-order chi connectivity index (χ1) is 9.85. The normalized spacial score (nSPS) is 21.1. The van der Waals surface area contributed by atoms with Crippen LogP contribution < -0.4 is 0 Å². The maximum absolute atomic E-state index is 4.44. The Bertz CT molecular complexity index is 380. The van der Waals surface area contributed by atoms with E-state index in [2.05, 4.69) is 32.5 Å². The van der Waals surface area contributed by atoms with Crippen LogP contribution in [0.5, 0.6) is 0 Å². The van der Waals surface area contributed by atoms with Gasteiger partial charge in [0.05, 0.1) is 6.54 Å². The molecule has 1 aromatic heterocycles. The van der Waals surface area contributed by atoms with Crippen molar-refractivity contribution in [3.05, 3.63) is 18.2 Å². The van der Waals surface area contributed by atoms with Crippen molar-refractivity contribution in [3.63, 3.8) is 0 Å². The van der Waals surface area contributed by atoms with E-state index in [-0.39, 0.29) is 0 Å². The van der Waals surface area contributed by atoms with E-state index in [1.54, 1.807) is 0 Å². The van der Waals surface area contributed by atoms with Crippen molar-refractivity contribution in [1.29, 1.82) is 0 Å². The molecule has 0 spiro atoms. The maximum atomic E-state index is 4.44. The molecule has 0 bridgehead atoms. The summed E-state index contributed by atoms with van der Waals surface area (Å²) in [4.78, 5) is 9.60. The predicted molar refractivity (Wildman–Crippen MR) is 83.7 cm³/mol. The number of imidazole rings is 1. The molecule has 3 heterocycles. The fraction of sp³-hybridized carbons (Fsp3) is 0.812. The third-order valence-corrected chi connectivity index (χ3v) is 4.49. The van der Waals surface area contributed by atoms with Crippen LogP contribution >= 0.6 is 0 Å². The van der Waals surface area contributed by atoms with E-state index in [1.807, 2.05) is 20.0 Å². The van der Waals surface area contributed by atoms with Crippen LogP contribution in [0.1, 0.15) is 39.4 Å². The van der Waals surface area contributed by atoms with Crippen molar-refractivity contribution in [2.24, 2.45) is 5.92 Å². The molecular formula is C16H30N4. The molecule has 0 atom stereocenters. The van der Waals surface area contributed by atoms with Gasteiger partial charge in [-0.3, -0.25) is 4.90 Å². The summed E-state index contributed by atoms with van der Waals surface area (Å²) in [5.41, 5.74) is 0. The second-order valence-electron chi connectivity index (χ2n) is 5.65. The second-order valence-corrected chi connectivity index (χ2v) is 5.65. The van der Waals surface area contributed by atoms with Crippen molar-refractivity contribution in [2.75, 3.05) is 32.7 Å². The molecule has 1 saturated heterocycles. The second kappa shape index (κ2) is 7.79. The molecule has 0 unspecified atom stereocenters. The molecule has 0 saturated carbocycles. The lowest BCUT2D eigenvalue weighted by atomic mass is 9.96. The Hall–Kier alpha value is -0.870. The predicted octanol–water partition coefficient (Wildman–Crippen LogP) is 2.46. The van der Waals surface area contributed by atoms with E-state index in [0.717, 1.165) is 19.0 Å². The van der Waals surface area contributed by atoms with Gasteiger partial charge < -0.3 is 9.47 Å². The highest BCUT2D eigenvalue weighted by atomic mass is 15.2. The summed E-state index contributed by atoms with van der Waals surface area (Å²) in [6.07, 6.45) is 6.78. The summed E-state index contributed by atoms with van der Waals surface area (Å²) in [7, 11) is 0. The topological polar surface area (TPSA) is 24.3 Å². The Morgan fingerprint density at radius 3 is 2.55 bits per heavy atom. The molecule has 114 valence electrons. The number of nitrogens with zero attached hydrogens (tertiary/aromatic N) is 4. The summed E-state index contributed by atoms with van der Waals surface area (Å²) in [5, 5.41) is 0. The van der Waals surface area contributed by atoms with Gasteiger partial charge in [0.15, 0.2) is 0 Å². The van der Waals surface area contributed by atoms with Crippen molar-refractivity contribution >= 4 is 0 Å². The monoisotopic (exact) mass is 278 g/mol. The minimum absolute atomic E-state index is 0.898. The van der Waals surface area contributed by atoms with Gasteiger partial charge >= 0.3 is 0 Å². The Labute approximate surface area is 123 Å². The van der Waals surface area contributed by atoms with Gasteiger partial charge in [-0.2, -0.15) is 0 Å². The van der Waals surface area contributed by atoms with Gasteiger partial charge in [0.25, 0.3) is 0 Å². The first-order valence-electron chi connectivity index (χ1n) is 8.30. The lowest BCUT2D eigenvalue weighted by Crippen LogP contribution is -2.41. The third-order valence-electron chi connectivity index (χ3n) is 4.49. The molecule has 1 aromatic rings. The van der Waals surface area contributed by atoms with E-state index in [4.69, 9.17) is 0 Å². The number of hydrogen-bond donors (Lipinski definition) is 0. The minimum atomic E-state index is 0.898. The molecule has 4 heteroatoms. The highest BCUT2D eigenvalue weighted by molar-refractivity contribution is 4.95. The van der Waals surface area contributed by atoms with Gasteiger partial charge in [0.1, 0.15) is 5.82 Å². The Kier molecular flexibility index (Phi) is 6.05. The van der Waals surface area contributed by atoms with E-state index < -0.39 is 0 Å². The minimum Gasteiger partial charge on any atom is -0.333 e.